The summed E-state index contributed by atoms with van der Waals surface area (Å²) in [5.74, 6) is 0.624. The van der Waals surface area contributed by atoms with Gasteiger partial charge in [0.15, 0.2) is 0 Å². The van der Waals surface area contributed by atoms with Crippen LogP contribution in [0.5, 0.6) is 0 Å². The summed E-state index contributed by atoms with van der Waals surface area (Å²) in [7, 11) is 0. The van der Waals surface area contributed by atoms with E-state index in [0.29, 0.717) is 12.3 Å². The lowest BCUT2D eigenvalue weighted by molar-refractivity contribution is -0.111. The molecule has 1 saturated carbocycles. The minimum atomic E-state index is -0.0492. The van der Waals surface area contributed by atoms with E-state index in [4.69, 9.17) is 0 Å². The highest BCUT2D eigenvalue weighted by Gasteiger charge is 2.15. The molecule has 0 aromatic rings. The molecular weight excluding hydrogens is 144 g/mol. The summed E-state index contributed by atoms with van der Waals surface area (Å²) < 4.78 is 0. The molecule has 0 aliphatic heterocycles. The zero-order chi connectivity index (χ0) is 7.40. The van der Waals surface area contributed by atoms with Gasteiger partial charge < -0.3 is 0 Å². The molecule has 1 aliphatic carbocycles. The molecule has 0 amide bonds. The van der Waals surface area contributed by atoms with Crippen LogP contribution in [0.4, 0.5) is 0 Å². The predicted octanol–water partition coefficient (Wildman–Crippen LogP) is 2.68. The van der Waals surface area contributed by atoms with Crippen molar-refractivity contribution >= 4 is 17.7 Å². The fourth-order valence-electron chi connectivity index (χ4n) is 1.63. The van der Waals surface area contributed by atoms with E-state index in [0.717, 1.165) is 0 Å². The molecule has 10 heavy (non-hydrogen) atoms. The Labute approximate surface area is 67.6 Å². The molecule has 1 fully saturated rings. The second-order valence-corrected chi connectivity index (χ2v) is 3.54. The molecule has 1 aliphatic rings. The van der Waals surface area contributed by atoms with Crippen LogP contribution in [0, 0.1) is 5.92 Å². The van der Waals surface area contributed by atoms with E-state index in [1.54, 1.807) is 0 Å². The summed E-state index contributed by atoms with van der Waals surface area (Å²) in [4.78, 5) is 10.5. The Morgan fingerprint density at radius 3 is 2.40 bits per heavy atom. The zero-order valence-corrected chi connectivity index (χ0v) is 6.95. The number of carbonyl (C=O) groups excluding carboxylic acids is 1. The Bertz CT molecular complexity index is 116. The Balaban J connectivity index is 2.19. The fraction of sp³-hybridized carbons (Fsp3) is 0.875. The SMILES string of the molecule is O=C([S])CC1CCCCC1. The third kappa shape index (κ3) is 2.65. The van der Waals surface area contributed by atoms with E-state index in [-0.39, 0.29) is 5.12 Å². The van der Waals surface area contributed by atoms with E-state index in [1.807, 2.05) is 0 Å². The maximum absolute atomic E-state index is 10.5. The minimum Gasteiger partial charge on any atom is -0.282 e. The molecule has 0 atom stereocenters. The molecule has 1 nitrogen and oxygen atoms in total. The van der Waals surface area contributed by atoms with Crippen LogP contribution < -0.4 is 0 Å². The monoisotopic (exact) mass is 157 g/mol. The highest BCUT2D eigenvalue weighted by Crippen LogP contribution is 2.26. The molecule has 0 unspecified atom stereocenters. The van der Waals surface area contributed by atoms with Crippen LogP contribution >= 0.6 is 12.6 Å². The van der Waals surface area contributed by atoms with Gasteiger partial charge in [0.2, 0.25) is 5.12 Å². The molecule has 0 aromatic carbocycles. The molecule has 1 rings (SSSR count). The lowest BCUT2D eigenvalue weighted by Crippen LogP contribution is -2.08. The van der Waals surface area contributed by atoms with Crippen molar-refractivity contribution in [3.63, 3.8) is 0 Å². The zero-order valence-electron chi connectivity index (χ0n) is 6.14. The van der Waals surface area contributed by atoms with Gasteiger partial charge in [-0.15, -0.1) is 0 Å². The predicted molar refractivity (Wildman–Crippen MR) is 43.8 cm³/mol. The number of hydrogen-bond donors (Lipinski definition) is 0. The Morgan fingerprint density at radius 1 is 1.30 bits per heavy atom. The van der Waals surface area contributed by atoms with Gasteiger partial charge in [0.1, 0.15) is 0 Å². The molecular formula is C8H13OS. The van der Waals surface area contributed by atoms with Crippen molar-refractivity contribution in [2.45, 2.75) is 38.5 Å². The first kappa shape index (κ1) is 7.99. The third-order valence-corrected chi connectivity index (χ3v) is 2.35. The van der Waals surface area contributed by atoms with Gasteiger partial charge in [0.05, 0.1) is 0 Å². The summed E-state index contributed by atoms with van der Waals surface area (Å²) in [6.45, 7) is 0. The van der Waals surface area contributed by atoms with Crippen LogP contribution in [0.1, 0.15) is 38.5 Å². The standard InChI is InChI=1S/C8H13OS/c9-8(10)6-7-4-2-1-3-5-7/h7H,1-6H2. The van der Waals surface area contributed by atoms with E-state index >= 15 is 0 Å². The second-order valence-electron chi connectivity index (χ2n) is 3.08. The second kappa shape index (κ2) is 3.91. The number of rotatable bonds is 2. The Hall–Kier alpha value is -0.110. The van der Waals surface area contributed by atoms with Crippen LogP contribution in [-0.2, 0) is 4.79 Å². The molecule has 0 N–H and O–H groups in total. The molecule has 0 saturated heterocycles. The van der Waals surface area contributed by atoms with E-state index < -0.39 is 0 Å². The van der Waals surface area contributed by atoms with Crippen LogP contribution in [-0.4, -0.2) is 5.12 Å². The van der Waals surface area contributed by atoms with Crippen molar-refractivity contribution in [2.24, 2.45) is 5.92 Å². The van der Waals surface area contributed by atoms with Gasteiger partial charge in [-0.3, -0.25) is 4.79 Å². The smallest absolute Gasteiger partial charge is 0.218 e. The van der Waals surface area contributed by atoms with Crippen molar-refractivity contribution in [3.05, 3.63) is 0 Å². The maximum atomic E-state index is 10.5. The molecule has 57 valence electrons. The largest absolute Gasteiger partial charge is 0.282 e. The quantitative estimate of drug-likeness (QED) is 0.602. The van der Waals surface area contributed by atoms with Crippen LogP contribution in [0.2, 0.25) is 0 Å². The number of carbonyl (C=O) groups is 1. The van der Waals surface area contributed by atoms with Gasteiger partial charge in [-0.25, -0.2) is 0 Å². The molecule has 2 heteroatoms. The normalized spacial score (nSPS) is 20.8. The van der Waals surface area contributed by atoms with Crippen LogP contribution in [0.3, 0.4) is 0 Å². The van der Waals surface area contributed by atoms with Crippen LogP contribution in [0.25, 0.3) is 0 Å². The Morgan fingerprint density at radius 2 is 1.90 bits per heavy atom. The summed E-state index contributed by atoms with van der Waals surface area (Å²) in [5, 5.41) is -0.0492. The lowest BCUT2D eigenvalue weighted by atomic mass is 9.87. The summed E-state index contributed by atoms with van der Waals surface area (Å²) in [6, 6.07) is 0. The average Bonchev–Trinajstić information content (AvgIpc) is 1.88. The molecule has 0 bridgehead atoms. The van der Waals surface area contributed by atoms with Crippen molar-refractivity contribution in [2.75, 3.05) is 0 Å². The highest BCUT2D eigenvalue weighted by molar-refractivity contribution is 7.96. The average molecular weight is 157 g/mol. The first-order valence-corrected chi connectivity index (χ1v) is 4.39. The van der Waals surface area contributed by atoms with Crippen molar-refractivity contribution in [3.8, 4) is 0 Å². The molecule has 0 spiro atoms. The van der Waals surface area contributed by atoms with Gasteiger partial charge >= 0.3 is 0 Å². The van der Waals surface area contributed by atoms with E-state index in [9.17, 15) is 4.79 Å². The maximum Gasteiger partial charge on any atom is 0.218 e. The van der Waals surface area contributed by atoms with Crippen LogP contribution in [0.15, 0.2) is 0 Å². The minimum absolute atomic E-state index is 0.0492. The Kier molecular flexibility index (Phi) is 3.13. The summed E-state index contributed by atoms with van der Waals surface area (Å²) in [5.41, 5.74) is 0. The number of hydrogen-bond acceptors (Lipinski definition) is 1. The third-order valence-electron chi connectivity index (χ3n) is 2.18. The van der Waals surface area contributed by atoms with Gasteiger partial charge in [-0.05, 0) is 31.4 Å². The fourth-order valence-corrected chi connectivity index (χ4v) is 1.86. The summed E-state index contributed by atoms with van der Waals surface area (Å²) in [6.07, 6.45) is 7.04. The first-order valence-electron chi connectivity index (χ1n) is 3.99. The van der Waals surface area contributed by atoms with Gasteiger partial charge in [-0.1, -0.05) is 19.3 Å². The molecule has 1 radical (unpaired) electrons. The molecule has 0 aromatic heterocycles. The highest BCUT2D eigenvalue weighted by atomic mass is 32.1. The van der Waals surface area contributed by atoms with E-state index in [2.05, 4.69) is 12.6 Å². The first-order chi connectivity index (χ1) is 4.79. The topological polar surface area (TPSA) is 17.1 Å². The van der Waals surface area contributed by atoms with Crippen molar-refractivity contribution < 1.29 is 4.79 Å². The van der Waals surface area contributed by atoms with Gasteiger partial charge in [0, 0.05) is 6.42 Å². The van der Waals surface area contributed by atoms with Gasteiger partial charge in [-0.2, -0.15) is 0 Å². The lowest BCUT2D eigenvalue weighted by Gasteiger charge is -2.19. The van der Waals surface area contributed by atoms with Crippen molar-refractivity contribution in [1.29, 1.82) is 0 Å². The summed E-state index contributed by atoms with van der Waals surface area (Å²) >= 11 is 4.52. The van der Waals surface area contributed by atoms with Crippen molar-refractivity contribution in [1.82, 2.24) is 0 Å². The van der Waals surface area contributed by atoms with E-state index in [1.165, 1.54) is 32.1 Å². The molecule has 0 heterocycles. The van der Waals surface area contributed by atoms with Gasteiger partial charge in [0.25, 0.3) is 0 Å².